The zero-order valence-corrected chi connectivity index (χ0v) is 8.29. The standard InChI is InChI=1S/C6H6O2.K/c7-5-1-2-6(8)4-3-5;/h1-4,7-8H;/q;+1/p-1. The summed E-state index contributed by atoms with van der Waals surface area (Å²) in [6.45, 7) is 0. The first kappa shape index (κ1) is 9.46. The number of benzene rings is 1. The molecule has 3 heteroatoms. The maximum atomic E-state index is 10.3. The smallest absolute Gasteiger partial charge is 0.872 e. The molecule has 0 fully saturated rings. The Morgan fingerprint density at radius 1 is 1.11 bits per heavy atom. The van der Waals surface area contributed by atoms with Gasteiger partial charge in [-0.05, 0) is 12.1 Å². The van der Waals surface area contributed by atoms with Crippen molar-refractivity contribution in [3.05, 3.63) is 24.3 Å². The van der Waals surface area contributed by atoms with Crippen LogP contribution in [-0.4, -0.2) is 5.11 Å². The monoisotopic (exact) mass is 148 g/mol. The zero-order valence-electron chi connectivity index (χ0n) is 5.16. The molecule has 0 unspecified atom stereocenters. The minimum Gasteiger partial charge on any atom is -0.872 e. The Labute approximate surface area is 95.9 Å². The van der Waals surface area contributed by atoms with E-state index >= 15 is 0 Å². The summed E-state index contributed by atoms with van der Waals surface area (Å²) in [7, 11) is 0. The summed E-state index contributed by atoms with van der Waals surface area (Å²) in [6.07, 6.45) is 0. The van der Waals surface area contributed by atoms with Gasteiger partial charge in [-0.2, -0.15) is 0 Å². The van der Waals surface area contributed by atoms with E-state index in [9.17, 15) is 5.11 Å². The fraction of sp³-hybridized carbons (Fsp3) is 0. The third-order valence-corrected chi connectivity index (χ3v) is 0.837. The molecule has 1 aromatic carbocycles. The van der Waals surface area contributed by atoms with Crippen LogP contribution in [0.3, 0.4) is 0 Å². The Balaban J connectivity index is 0.000000640. The van der Waals surface area contributed by atoms with Crippen molar-refractivity contribution < 1.29 is 61.6 Å². The maximum Gasteiger partial charge on any atom is 1.00 e. The van der Waals surface area contributed by atoms with E-state index in [0.717, 1.165) is 0 Å². The molecule has 0 bridgehead atoms. The van der Waals surface area contributed by atoms with Gasteiger partial charge in [0.1, 0.15) is 5.75 Å². The van der Waals surface area contributed by atoms with Crippen molar-refractivity contribution in [3.63, 3.8) is 0 Å². The van der Waals surface area contributed by atoms with Gasteiger partial charge < -0.3 is 10.2 Å². The Morgan fingerprint density at radius 2 is 1.56 bits per heavy atom. The van der Waals surface area contributed by atoms with E-state index in [4.69, 9.17) is 5.11 Å². The fourth-order valence-electron chi connectivity index (χ4n) is 0.446. The van der Waals surface area contributed by atoms with Crippen LogP contribution >= 0.6 is 0 Å². The van der Waals surface area contributed by atoms with Gasteiger partial charge in [0.2, 0.25) is 0 Å². The summed E-state index contributed by atoms with van der Waals surface area (Å²) in [6, 6.07) is 5.36. The van der Waals surface area contributed by atoms with Gasteiger partial charge in [0.05, 0.1) is 0 Å². The topological polar surface area (TPSA) is 43.3 Å². The Morgan fingerprint density at radius 3 is 1.89 bits per heavy atom. The summed E-state index contributed by atoms with van der Waals surface area (Å²) >= 11 is 0. The molecule has 1 rings (SSSR count). The predicted octanol–water partition coefficient (Wildman–Crippen LogP) is -2.53. The number of hydrogen-bond acceptors (Lipinski definition) is 2. The predicted molar refractivity (Wildman–Crippen MR) is 27.6 cm³/mol. The third-order valence-electron chi connectivity index (χ3n) is 0.837. The van der Waals surface area contributed by atoms with Crippen molar-refractivity contribution in [2.24, 2.45) is 0 Å². The number of phenolic OH excluding ortho intramolecular Hbond substituents is 1. The van der Waals surface area contributed by atoms with Gasteiger partial charge in [-0.15, -0.1) is 5.75 Å². The van der Waals surface area contributed by atoms with Crippen molar-refractivity contribution in [2.75, 3.05) is 0 Å². The Bertz CT molecular complexity index is 150. The van der Waals surface area contributed by atoms with Crippen LogP contribution in [0.25, 0.3) is 0 Å². The minimum atomic E-state index is -0.0807. The van der Waals surface area contributed by atoms with E-state index in [1.807, 2.05) is 0 Å². The average Bonchev–Trinajstić information content (AvgIpc) is 1.77. The van der Waals surface area contributed by atoms with Crippen molar-refractivity contribution in [2.45, 2.75) is 0 Å². The van der Waals surface area contributed by atoms with Crippen LogP contribution in [0.2, 0.25) is 0 Å². The molecule has 0 aliphatic heterocycles. The molecule has 0 aliphatic carbocycles. The van der Waals surface area contributed by atoms with Crippen LogP contribution in [0.1, 0.15) is 0 Å². The van der Waals surface area contributed by atoms with Crippen LogP contribution in [0, 0.1) is 0 Å². The summed E-state index contributed by atoms with van der Waals surface area (Å²) in [5.74, 6) is 0.0485. The number of aromatic hydroxyl groups is 1. The average molecular weight is 148 g/mol. The van der Waals surface area contributed by atoms with E-state index < -0.39 is 0 Å². The van der Waals surface area contributed by atoms with Gasteiger partial charge in [0.15, 0.2) is 0 Å². The second-order valence-corrected chi connectivity index (χ2v) is 1.49. The van der Waals surface area contributed by atoms with Crippen molar-refractivity contribution in [1.29, 1.82) is 0 Å². The zero-order chi connectivity index (χ0) is 5.98. The second-order valence-electron chi connectivity index (χ2n) is 1.49. The van der Waals surface area contributed by atoms with E-state index in [-0.39, 0.29) is 62.9 Å². The SMILES string of the molecule is [K+].[O-]c1ccc(O)cc1. The molecule has 1 aromatic rings. The van der Waals surface area contributed by atoms with Crippen LogP contribution < -0.4 is 56.5 Å². The van der Waals surface area contributed by atoms with Crippen LogP contribution in [0.4, 0.5) is 0 Å². The number of rotatable bonds is 0. The summed E-state index contributed by atoms with van der Waals surface area (Å²) in [5.41, 5.74) is 0. The molecule has 9 heavy (non-hydrogen) atoms. The molecule has 0 saturated carbocycles. The van der Waals surface area contributed by atoms with Crippen molar-refractivity contribution >= 4 is 0 Å². The largest absolute Gasteiger partial charge is 1.00 e. The normalized spacial score (nSPS) is 8.00. The first-order valence-corrected chi connectivity index (χ1v) is 2.25. The molecule has 0 spiro atoms. The molecular weight excluding hydrogens is 143 g/mol. The first-order chi connectivity index (χ1) is 3.79. The van der Waals surface area contributed by atoms with Crippen molar-refractivity contribution in [3.8, 4) is 11.5 Å². The van der Waals surface area contributed by atoms with Crippen LogP contribution in [0.15, 0.2) is 24.3 Å². The minimum absolute atomic E-state index is 0. The molecule has 0 aliphatic rings. The molecule has 0 saturated heterocycles. The molecule has 1 N–H and O–H groups in total. The summed E-state index contributed by atoms with van der Waals surface area (Å²) in [5, 5.41) is 18.9. The molecule has 0 atom stereocenters. The van der Waals surface area contributed by atoms with Gasteiger partial charge in [0.25, 0.3) is 0 Å². The molecule has 0 amide bonds. The van der Waals surface area contributed by atoms with Crippen LogP contribution in [0.5, 0.6) is 11.5 Å². The fourth-order valence-corrected chi connectivity index (χ4v) is 0.446. The molecular formula is C6H5KO2. The molecule has 2 nitrogen and oxygen atoms in total. The van der Waals surface area contributed by atoms with Gasteiger partial charge in [-0.25, -0.2) is 0 Å². The number of phenols is 1. The quantitative estimate of drug-likeness (QED) is 0.412. The van der Waals surface area contributed by atoms with E-state index in [1.54, 1.807) is 0 Å². The Kier molecular flexibility index (Phi) is 4.52. The summed E-state index contributed by atoms with van der Waals surface area (Å²) < 4.78 is 0. The van der Waals surface area contributed by atoms with E-state index in [0.29, 0.717) is 0 Å². The number of hydrogen-bond donors (Lipinski definition) is 1. The second kappa shape index (κ2) is 4.30. The van der Waals surface area contributed by atoms with Gasteiger partial charge >= 0.3 is 51.4 Å². The maximum absolute atomic E-state index is 10.3. The molecule has 0 aromatic heterocycles. The van der Waals surface area contributed by atoms with Gasteiger partial charge in [-0.3, -0.25) is 0 Å². The molecule has 42 valence electrons. The van der Waals surface area contributed by atoms with E-state index in [1.165, 1.54) is 24.3 Å². The summed E-state index contributed by atoms with van der Waals surface area (Å²) in [4.78, 5) is 0. The van der Waals surface area contributed by atoms with Gasteiger partial charge in [0, 0.05) is 0 Å². The van der Waals surface area contributed by atoms with Crippen molar-refractivity contribution in [1.82, 2.24) is 0 Å². The third kappa shape index (κ3) is 3.22. The van der Waals surface area contributed by atoms with Gasteiger partial charge in [-0.1, -0.05) is 12.1 Å². The molecule has 0 heterocycles. The first-order valence-electron chi connectivity index (χ1n) is 2.25. The van der Waals surface area contributed by atoms with Crippen LogP contribution in [-0.2, 0) is 0 Å². The molecule has 0 radical (unpaired) electrons. The Hall–Kier alpha value is 0.456. The van der Waals surface area contributed by atoms with E-state index in [2.05, 4.69) is 0 Å².